The molecule has 3 N–H and O–H groups in total. The molecule has 3 rings (SSSR count). The molecule has 0 aliphatic rings. The number of rotatable bonds is 7. The van der Waals surface area contributed by atoms with Gasteiger partial charge in [0.1, 0.15) is 5.82 Å². The van der Waals surface area contributed by atoms with E-state index in [-0.39, 0.29) is 0 Å². The number of aromatic nitrogens is 3. The Morgan fingerprint density at radius 3 is 2.44 bits per heavy atom. The first-order chi connectivity index (χ1) is 12.2. The van der Waals surface area contributed by atoms with E-state index in [1.54, 1.807) is 0 Å². The molecule has 0 fully saturated rings. The normalized spacial score (nSPS) is 12.0. The molecule has 0 aliphatic carbocycles. The zero-order valence-corrected chi connectivity index (χ0v) is 14.4. The van der Waals surface area contributed by atoms with Crippen molar-refractivity contribution >= 4 is 0 Å². The summed E-state index contributed by atoms with van der Waals surface area (Å²) in [4.78, 5) is 4.53. The first-order valence-electron chi connectivity index (χ1n) is 8.35. The molecule has 0 radical (unpaired) electrons. The Labute approximate surface area is 147 Å². The van der Waals surface area contributed by atoms with Crippen LogP contribution in [0.25, 0.3) is 11.4 Å². The SMILES string of the molecule is CCOc1ccc([C@@H](N)c2nc(-c3ccccc3)n[nH]2)cc1OCC. The molecule has 0 spiro atoms. The summed E-state index contributed by atoms with van der Waals surface area (Å²) in [6.07, 6.45) is 0. The van der Waals surface area contributed by atoms with E-state index >= 15 is 0 Å². The van der Waals surface area contributed by atoms with Crippen LogP contribution < -0.4 is 15.2 Å². The molecule has 1 heterocycles. The Kier molecular flexibility index (Phi) is 5.30. The Bertz CT molecular complexity index is 817. The third-order valence-electron chi connectivity index (χ3n) is 3.76. The molecule has 0 unspecified atom stereocenters. The molecule has 0 bridgehead atoms. The fourth-order valence-corrected chi connectivity index (χ4v) is 2.55. The summed E-state index contributed by atoms with van der Waals surface area (Å²) in [5, 5.41) is 7.20. The van der Waals surface area contributed by atoms with Crippen LogP contribution in [0.15, 0.2) is 48.5 Å². The minimum atomic E-state index is -0.431. The van der Waals surface area contributed by atoms with Crippen molar-refractivity contribution in [2.24, 2.45) is 5.73 Å². The van der Waals surface area contributed by atoms with Crippen molar-refractivity contribution in [3.05, 3.63) is 59.9 Å². The number of ether oxygens (including phenoxy) is 2. The molecular formula is C19H22N4O2. The van der Waals surface area contributed by atoms with E-state index in [1.807, 2.05) is 62.4 Å². The zero-order chi connectivity index (χ0) is 17.6. The van der Waals surface area contributed by atoms with E-state index < -0.39 is 6.04 Å². The van der Waals surface area contributed by atoms with Crippen molar-refractivity contribution in [2.75, 3.05) is 13.2 Å². The summed E-state index contributed by atoms with van der Waals surface area (Å²) in [5.41, 5.74) is 8.19. The number of hydrogen-bond acceptors (Lipinski definition) is 5. The lowest BCUT2D eigenvalue weighted by molar-refractivity contribution is 0.287. The highest BCUT2D eigenvalue weighted by Gasteiger charge is 2.17. The van der Waals surface area contributed by atoms with Crippen molar-refractivity contribution < 1.29 is 9.47 Å². The molecule has 2 aromatic carbocycles. The molecule has 130 valence electrons. The molecule has 6 heteroatoms. The monoisotopic (exact) mass is 338 g/mol. The minimum absolute atomic E-state index is 0.431. The quantitative estimate of drug-likeness (QED) is 0.690. The van der Waals surface area contributed by atoms with Gasteiger partial charge in [-0.15, -0.1) is 0 Å². The smallest absolute Gasteiger partial charge is 0.181 e. The highest BCUT2D eigenvalue weighted by molar-refractivity contribution is 5.54. The fraction of sp³-hybridized carbons (Fsp3) is 0.263. The largest absolute Gasteiger partial charge is 0.490 e. The summed E-state index contributed by atoms with van der Waals surface area (Å²) in [6.45, 7) is 5.01. The van der Waals surface area contributed by atoms with E-state index in [9.17, 15) is 0 Å². The van der Waals surface area contributed by atoms with Gasteiger partial charge < -0.3 is 15.2 Å². The molecular weight excluding hydrogens is 316 g/mol. The summed E-state index contributed by atoms with van der Waals surface area (Å²) in [7, 11) is 0. The molecule has 0 saturated carbocycles. The molecule has 1 aromatic heterocycles. The van der Waals surface area contributed by atoms with E-state index in [0.29, 0.717) is 36.4 Å². The predicted octanol–water partition coefficient (Wildman–Crippen LogP) is 3.32. The van der Waals surface area contributed by atoms with Gasteiger partial charge in [-0.3, -0.25) is 5.10 Å². The van der Waals surface area contributed by atoms with Crippen molar-refractivity contribution in [3.8, 4) is 22.9 Å². The number of H-pyrrole nitrogens is 1. The molecule has 1 atom stereocenters. The highest BCUT2D eigenvalue weighted by atomic mass is 16.5. The predicted molar refractivity (Wildman–Crippen MR) is 96.6 cm³/mol. The van der Waals surface area contributed by atoms with Crippen molar-refractivity contribution in [1.82, 2.24) is 15.2 Å². The third-order valence-corrected chi connectivity index (χ3v) is 3.76. The summed E-state index contributed by atoms with van der Waals surface area (Å²) in [6, 6.07) is 15.0. The Morgan fingerprint density at radius 2 is 1.72 bits per heavy atom. The molecule has 0 amide bonds. The maximum Gasteiger partial charge on any atom is 0.181 e. The molecule has 3 aromatic rings. The molecule has 0 saturated heterocycles. The average molecular weight is 338 g/mol. The Hall–Kier alpha value is -2.86. The van der Waals surface area contributed by atoms with Gasteiger partial charge >= 0.3 is 0 Å². The van der Waals surface area contributed by atoms with E-state index in [4.69, 9.17) is 15.2 Å². The van der Waals surface area contributed by atoms with E-state index in [0.717, 1.165) is 11.1 Å². The number of nitrogens with two attached hydrogens (primary N) is 1. The summed E-state index contributed by atoms with van der Waals surface area (Å²) < 4.78 is 11.3. The molecule has 25 heavy (non-hydrogen) atoms. The lowest BCUT2D eigenvalue weighted by atomic mass is 10.1. The van der Waals surface area contributed by atoms with Crippen LogP contribution in [0, 0.1) is 0 Å². The third kappa shape index (κ3) is 3.80. The number of aromatic amines is 1. The van der Waals surface area contributed by atoms with E-state index in [1.165, 1.54) is 0 Å². The Balaban J connectivity index is 1.86. The van der Waals surface area contributed by atoms with E-state index in [2.05, 4.69) is 15.2 Å². The number of benzene rings is 2. The molecule has 6 nitrogen and oxygen atoms in total. The van der Waals surface area contributed by atoms with Crippen LogP contribution in [-0.2, 0) is 0 Å². The van der Waals surface area contributed by atoms with Gasteiger partial charge in [-0.25, -0.2) is 4.98 Å². The maximum atomic E-state index is 6.37. The first-order valence-corrected chi connectivity index (χ1v) is 8.35. The lowest BCUT2D eigenvalue weighted by Gasteiger charge is -2.14. The van der Waals surface area contributed by atoms with Crippen molar-refractivity contribution in [3.63, 3.8) is 0 Å². The standard InChI is InChI=1S/C19H22N4O2/c1-3-24-15-11-10-14(12-16(15)25-4-2)17(20)19-21-18(22-23-19)13-8-6-5-7-9-13/h5-12,17H,3-4,20H2,1-2H3,(H,21,22,23)/t17-/m1/s1. The first kappa shape index (κ1) is 17.0. The number of hydrogen-bond donors (Lipinski definition) is 2. The summed E-state index contributed by atoms with van der Waals surface area (Å²) >= 11 is 0. The fourth-order valence-electron chi connectivity index (χ4n) is 2.55. The van der Waals surface area contributed by atoms with Gasteiger partial charge in [0.05, 0.1) is 19.3 Å². The van der Waals surface area contributed by atoms with Crippen LogP contribution >= 0.6 is 0 Å². The van der Waals surface area contributed by atoms with Crippen LogP contribution in [0.5, 0.6) is 11.5 Å². The van der Waals surface area contributed by atoms with Gasteiger partial charge in [0.15, 0.2) is 17.3 Å². The topological polar surface area (TPSA) is 86.0 Å². The number of nitrogens with zero attached hydrogens (tertiary/aromatic N) is 2. The second-order valence-electron chi connectivity index (χ2n) is 5.46. The Morgan fingerprint density at radius 1 is 1.00 bits per heavy atom. The number of nitrogens with one attached hydrogen (secondary N) is 1. The maximum absolute atomic E-state index is 6.37. The molecule has 0 aliphatic heterocycles. The average Bonchev–Trinajstić information content (AvgIpc) is 3.14. The zero-order valence-electron chi connectivity index (χ0n) is 14.4. The highest BCUT2D eigenvalue weighted by Crippen LogP contribution is 2.31. The second-order valence-corrected chi connectivity index (χ2v) is 5.46. The van der Waals surface area contributed by atoms with Gasteiger partial charge in [0, 0.05) is 5.56 Å². The van der Waals surface area contributed by atoms with Crippen molar-refractivity contribution in [1.29, 1.82) is 0 Å². The van der Waals surface area contributed by atoms with Crippen LogP contribution in [0.3, 0.4) is 0 Å². The van der Waals surface area contributed by atoms with Gasteiger partial charge in [0.2, 0.25) is 0 Å². The van der Waals surface area contributed by atoms with Gasteiger partial charge in [-0.05, 0) is 31.5 Å². The van der Waals surface area contributed by atoms with Gasteiger partial charge in [-0.2, -0.15) is 5.10 Å². The van der Waals surface area contributed by atoms with Gasteiger partial charge in [-0.1, -0.05) is 36.4 Å². The lowest BCUT2D eigenvalue weighted by Crippen LogP contribution is -2.14. The minimum Gasteiger partial charge on any atom is -0.490 e. The van der Waals surface area contributed by atoms with Crippen LogP contribution in [0.1, 0.15) is 31.3 Å². The van der Waals surface area contributed by atoms with Crippen molar-refractivity contribution in [2.45, 2.75) is 19.9 Å². The summed E-state index contributed by atoms with van der Waals surface area (Å²) in [5.74, 6) is 2.62. The van der Waals surface area contributed by atoms with Crippen LogP contribution in [0.4, 0.5) is 0 Å². The second kappa shape index (κ2) is 7.81. The van der Waals surface area contributed by atoms with Crippen LogP contribution in [-0.4, -0.2) is 28.4 Å². The van der Waals surface area contributed by atoms with Gasteiger partial charge in [0.25, 0.3) is 0 Å². The van der Waals surface area contributed by atoms with Crippen LogP contribution in [0.2, 0.25) is 0 Å².